The predicted molar refractivity (Wildman–Crippen MR) is 69.8 cm³/mol. The van der Waals surface area contributed by atoms with Crippen molar-refractivity contribution in [3.8, 4) is 5.75 Å². The molecule has 2 rings (SSSR count). The standard InChI is InChI=1S/C14H21NO3/c1-10-8-11(16-3)4-5-12(10)13(15-2)9-14-17-6-7-18-14/h4-5,8,13-15H,6-7,9H2,1-3H3. The zero-order valence-corrected chi connectivity index (χ0v) is 11.2. The fraction of sp³-hybridized carbons (Fsp3) is 0.571. The van der Waals surface area contributed by atoms with Crippen LogP contribution in [-0.2, 0) is 9.47 Å². The summed E-state index contributed by atoms with van der Waals surface area (Å²) in [6.07, 6.45) is 0.730. The Kier molecular flexibility index (Phi) is 4.58. The van der Waals surface area contributed by atoms with Gasteiger partial charge in [-0.1, -0.05) is 6.07 Å². The van der Waals surface area contributed by atoms with Crippen molar-refractivity contribution in [3.05, 3.63) is 29.3 Å². The molecular weight excluding hydrogens is 230 g/mol. The average molecular weight is 251 g/mol. The molecule has 0 aliphatic carbocycles. The molecule has 1 aliphatic heterocycles. The Labute approximate surface area is 108 Å². The molecular formula is C14H21NO3. The minimum atomic E-state index is -0.0936. The van der Waals surface area contributed by atoms with Crippen LogP contribution in [0.25, 0.3) is 0 Å². The predicted octanol–water partition coefficient (Wildman–Crippen LogP) is 2.03. The molecule has 1 aromatic carbocycles. The molecule has 1 atom stereocenters. The molecule has 0 radical (unpaired) electrons. The van der Waals surface area contributed by atoms with E-state index in [9.17, 15) is 0 Å². The van der Waals surface area contributed by atoms with Crippen LogP contribution in [0.5, 0.6) is 5.75 Å². The van der Waals surface area contributed by atoms with Crippen LogP contribution in [0.1, 0.15) is 23.6 Å². The van der Waals surface area contributed by atoms with E-state index in [1.807, 2.05) is 13.1 Å². The second kappa shape index (κ2) is 6.18. The molecule has 100 valence electrons. The van der Waals surface area contributed by atoms with Gasteiger partial charge in [0.2, 0.25) is 0 Å². The van der Waals surface area contributed by atoms with Gasteiger partial charge in [-0.05, 0) is 37.2 Å². The number of ether oxygens (including phenoxy) is 3. The summed E-state index contributed by atoms with van der Waals surface area (Å²) in [6.45, 7) is 3.49. The van der Waals surface area contributed by atoms with Gasteiger partial charge in [-0.15, -0.1) is 0 Å². The molecule has 0 bridgehead atoms. The third-order valence-corrected chi connectivity index (χ3v) is 3.32. The van der Waals surface area contributed by atoms with Gasteiger partial charge in [0.15, 0.2) is 6.29 Å². The van der Waals surface area contributed by atoms with Crippen molar-refractivity contribution in [2.24, 2.45) is 0 Å². The number of aryl methyl sites for hydroxylation is 1. The monoisotopic (exact) mass is 251 g/mol. The molecule has 4 nitrogen and oxygen atoms in total. The summed E-state index contributed by atoms with van der Waals surface area (Å²) >= 11 is 0. The van der Waals surface area contributed by atoms with Crippen LogP contribution < -0.4 is 10.1 Å². The highest BCUT2D eigenvalue weighted by Gasteiger charge is 2.22. The molecule has 0 amide bonds. The lowest BCUT2D eigenvalue weighted by Gasteiger charge is -2.21. The minimum absolute atomic E-state index is 0.0936. The van der Waals surface area contributed by atoms with E-state index < -0.39 is 0 Å². The summed E-state index contributed by atoms with van der Waals surface area (Å²) in [5.74, 6) is 0.888. The molecule has 0 aromatic heterocycles. The molecule has 0 spiro atoms. The van der Waals surface area contributed by atoms with Gasteiger partial charge in [0, 0.05) is 12.5 Å². The van der Waals surface area contributed by atoms with Crippen LogP contribution in [0.15, 0.2) is 18.2 Å². The molecule has 1 aliphatic rings. The zero-order chi connectivity index (χ0) is 13.0. The molecule has 1 unspecified atom stereocenters. The van der Waals surface area contributed by atoms with E-state index in [2.05, 4.69) is 24.4 Å². The molecule has 1 heterocycles. The molecule has 1 fully saturated rings. The second-order valence-corrected chi connectivity index (χ2v) is 4.47. The van der Waals surface area contributed by atoms with Gasteiger partial charge in [-0.3, -0.25) is 0 Å². The lowest BCUT2D eigenvalue weighted by Crippen LogP contribution is -2.23. The molecule has 4 heteroatoms. The number of hydrogen-bond donors (Lipinski definition) is 1. The first-order valence-corrected chi connectivity index (χ1v) is 6.29. The van der Waals surface area contributed by atoms with Gasteiger partial charge in [0.25, 0.3) is 0 Å². The Hall–Kier alpha value is -1.10. The van der Waals surface area contributed by atoms with E-state index in [0.717, 1.165) is 12.2 Å². The minimum Gasteiger partial charge on any atom is -0.497 e. The molecule has 1 aromatic rings. The van der Waals surface area contributed by atoms with E-state index in [1.165, 1.54) is 11.1 Å². The summed E-state index contributed by atoms with van der Waals surface area (Å²) < 4.78 is 16.2. The number of benzene rings is 1. The maximum atomic E-state index is 5.50. The van der Waals surface area contributed by atoms with Crippen molar-refractivity contribution in [2.45, 2.75) is 25.7 Å². The highest BCUT2D eigenvalue weighted by molar-refractivity contribution is 5.36. The van der Waals surface area contributed by atoms with Crippen LogP contribution in [-0.4, -0.2) is 33.7 Å². The van der Waals surface area contributed by atoms with E-state index in [0.29, 0.717) is 13.2 Å². The van der Waals surface area contributed by atoms with Gasteiger partial charge in [0.1, 0.15) is 5.75 Å². The van der Waals surface area contributed by atoms with Crippen molar-refractivity contribution >= 4 is 0 Å². The van der Waals surface area contributed by atoms with Gasteiger partial charge < -0.3 is 19.5 Å². The van der Waals surface area contributed by atoms with E-state index in [1.54, 1.807) is 7.11 Å². The van der Waals surface area contributed by atoms with Crippen molar-refractivity contribution in [1.29, 1.82) is 0 Å². The van der Waals surface area contributed by atoms with Crippen molar-refractivity contribution in [1.82, 2.24) is 5.32 Å². The Balaban J connectivity index is 2.10. The van der Waals surface area contributed by atoms with Gasteiger partial charge in [0.05, 0.1) is 20.3 Å². The first-order valence-electron chi connectivity index (χ1n) is 6.29. The highest BCUT2D eigenvalue weighted by atomic mass is 16.7. The Bertz CT molecular complexity index is 389. The largest absolute Gasteiger partial charge is 0.497 e. The second-order valence-electron chi connectivity index (χ2n) is 4.47. The van der Waals surface area contributed by atoms with Gasteiger partial charge >= 0.3 is 0 Å². The topological polar surface area (TPSA) is 39.7 Å². The molecule has 18 heavy (non-hydrogen) atoms. The fourth-order valence-electron chi connectivity index (χ4n) is 2.30. The Morgan fingerprint density at radius 2 is 2.11 bits per heavy atom. The van der Waals surface area contributed by atoms with Gasteiger partial charge in [-0.2, -0.15) is 0 Å². The van der Waals surface area contributed by atoms with Crippen molar-refractivity contribution < 1.29 is 14.2 Å². The quantitative estimate of drug-likeness (QED) is 0.869. The molecule has 1 saturated heterocycles. The number of methoxy groups -OCH3 is 1. The van der Waals surface area contributed by atoms with Crippen LogP contribution in [0.4, 0.5) is 0 Å². The number of rotatable bonds is 5. The average Bonchev–Trinajstić information content (AvgIpc) is 2.89. The van der Waals surface area contributed by atoms with Crippen LogP contribution in [0, 0.1) is 6.92 Å². The van der Waals surface area contributed by atoms with Crippen LogP contribution in [0.3, 0.4) is 0 Å². The third-order valence-electron chi connectivity index (χ3n) is 3.32. The number of hydrogen-bond acceptors (Lipinski definition) is 4. The smallest absolute Gasteiger partial charge is 0.159 e. The fourth-order valence-corrected chi connectivity index (χ4v) is 2.30. The van der Waals surface area contributed by atoms with E-state index in [4.69, 9.17) is 14.2 Å². The first-order chi connectivity index (χ1) is 8.74. The van der Waals surface area contributed by atoms with E-state index >= 15 is 0 Å². The maximum absolute atomic E-state index is 5.50. The van der Waals surface area contributed by atoms with E-state index in [-0.39, 0.29) is 12.3 Å². The Morgan fingerprint density at radius 1 is 1.39 bits per heavy atom. The third kappa shape index (κ3) is 3.02. The molecule has 0 saturated carbocycles. The van der Waals surface area contributed by atoms with Crippen molar-refractivity contribution in [3.63, 3.8) is 0 Å². The van der Waals surface area contributed by atoms with Crippen LogP contribution in [0.2, 0.25) is 0 Å². The first kappa shape index (κ1) is 13.3. The summed E-state index contributed by atoms with van der Waals surface area (Å²) in [4.78, 5) is 0. The van der Waals surface area contributed by atoms with Crippen LogP contribution >= 0.6 is 0 Å². The number of nitrogens with one attached hydrogen (secondary N) is 1. The Morgan fingerprint density at radius 3 is 2.67 bits per heavy atom. The SMILES string of the molecule is CNC(CC1OCCO1)c1ccc(OC)cc1C. The molecule has 1 N–H and O–H groups in total. The summed E-state index contributed by atoms with van der Waals surface area (Å²) in [5.41, 5.74) is 2.48. The summed E-state index contributed by atoms with van der Waals surface area (Å²) in [6, 6.07) is 6.38. The maximum Gasteiger partial charge on any atom is 0.159 e. The van der Waals surface area contributed by atoms with Gasteiger partial charge in [-0.25, -0.2) is 0 Å². The summed E-state index contributed by atoms with van der Waals surface area (Å²) in [7, 11) is 3.65. The normalized spacial score (nSPS) is 17.9. The summed E-state index contributed by atoms with van der Waals surface area (Å²) in [5, 5.41) is 3.32. The highest BCUT2D eigenvalue weighted by Crippen LogP contribution is 2.27. The lowest BCUT2D eigenvalue weighted by atomic mass is 9.98. The zero-order valence-electron chi connectivity index (χ0n) is 11.2. The van der Waals surface area contributed by atoms with Crippen molar-refractivity contribution in [2.75, 3.05) is 27.4 Å². The lowest BCUT2D eigenvalue weighted by molar-refractivity contribution is -0.0526.